The van der Waals surface area contributed by atoms with Crippen LogP contribution in [0.25, 0.3) is 21.6 Å². The maximum absolute atomic E-state index is 14.5. The number of benzene rings is 1. The summed E-state index contributed by atoms with van der Waals surface area (Å²) >= 11 is 7.38. The molecule has 0 spiro atoms. The zero-order valence-electron chi connectivity index (χ0n) is 30.6. The third kappa shape index (κ3) is 8.70. The molecule has 1 aliphatic carbocycles. The Morgan fingerprint density at radius 3 is 2.68 bits per heavy atom. The van der Waals surface area contributed by atoms with E-state index in [-0.39, 0.29) is 71.1 Å². The lowest BCUT2D eigenvalue weighted by Crippen LogP contribution is -2.57. The number of methoxy groups -OCH3 is 1. The summed E-state index contributed by atoms with van der Waals surface area (Å²) in [6, 6.07) is 1.69. The third-order valence-corrected chi connectivity index (χ3v) is 11.4. The first-order chi connectivity index (χ1) is 26.7. The summed E-state index contributed by atoms with van der Waals surface area (Å²) in [5, 5.41) is 6.88. The lowest BCUT2D eigenvalue weighted by Gasteiger charge is -2.30. The first kappa shape index (κ1) is 40.7. The zero-order chi connectivity index (χ0) is 40.4. The Bertz CT molecular complexity index is 2050. The van der Waals surface area contributed by atoms with E-state index in [1.165, 1.54) is 23.0 Å². The van der Waals surface area contributed by atoms with Gasteiger partial charge < -0.3 is 40.4 Å². The topological polar surface area (TPSA) is 186 Å². The van der Waals surface area contributed by atoms with E-state index in [9.17, 15) is 37.1 Å². The predicted octanol–water partition coefficient (Wildman–Crippen LogP) is 4.87. The second kappa shape index (κ2) is 16.6. The van der Waals surface area contributed by atoms with Crippen molar-refractivity contribution < 1.29 is 46.6 Å². The molecule has 2 aromatic heterocycles. The molecule has 5 unspecified atom stereocenters. The van der Waals surface area contributed by atoms with Gasteiger partial charge in [-0.25, -0.2) is 14.8 Å². The van der Waals surface area contributed by atoms with Crippen LogP contribution < -0.4 is 25.8 Å². The number of nitrogens with two attached hydrogens (primary N) is 1. The molecule has 0 radical (unpaired) electrons. The van der Waals surface area contributed by atoms with Crippen molar-refractivity contribution in [2.75, 3.05) is 26.7 Å². The van der Waals surface area contributed by atoms with E-state index in [0.29, 0.717) is 24.5 Å². The predicted molar refractivity (Wildman–Crippen MR) is 200 cm³/mol. The molecule has 1 saturated carbocycles. The van der Waals surface area contributed by atoms with Gasteiger partial charge in [-0.1, -0.05) is 36.6 Å². The van der Waals surface area contributed by atoms with Crippen LogP contribution in [0.2, 0.25) is 5.02 Å². The Labute approximate surface area is 328 Å². The Kier molecular flexibility index (Phi) is 12.1. The molecule has 1 aromatic carbocycles. The van der Waals surface area contributed by atoms with Crippen LogP contribution in [-0.2, 0) is 25.4 Å². The highest BCUT2D eigenvalue weighted by atomic mass is 35.5. The standard InChI is InChI=1S/C37H41ClF3N7O7S/c1-3-47(17-29(42)50)35(53)44-23-10-8-6-4-5-7-9-20-15-36(20,19-49)46-32(51)25-13-21(16-48(25)34(23)52)55-27-14-24(33-45-28(18-56-33)37(39,40)41)43-31-22(27)11-12-26(54-2)30(31)38/h7,9,11-12,14,18-21,23,25H,3-6,8,10,13,15-17H2,1-2H3,(H2,42,50)(H,44,53)(H,46,51)/b9-7+. The molecule has 3 aliphatic rings. The van der Waals surface area contributed by atoms with Crippen LogP contribution in [0.5, 0.6) is 11.5 Å². The van der Waals surface area contributed by atoms with Crippen LogP contribution >= 0.6 is 22.9 Å². The van der Waals surface area contributed by atoms with Gasteiger partial charge in [-0.2, -0.15) is 13.2 Å². The van der Waals surface area contributed by atoms with Crippen LogP contribution in [0.4, 0.5) is 18.0 Å². The van der Waals surface area contributed by atoms with E-state index in [1.807, 2.05) is 12.2 Å². The minimum Gasteiger partial charge on any atom is -0.495 e. The van der Waals surface area contributed by atoms with Gasteiger partial charge in [0.15, 0.2) is 5.69 Å². The van der Waals surface area contributed by atoms with Gasteiger partial charge in [0, 0.05) is 35.7 Å². The Morgan fingerprint density at radius 1 is 1.21 bits per heavy atom. The second-order valence-corrected chi connectivity index (χ2v) is 15.2. The largest absolute Gasteiger partial charge is 0.495 e. The smallest absolute Gasteiger partial charge is 0.434 e. The fourth-order valence-electron chi connectivity index (χ4n) is 7.08. The fourth-order valence-corrected chi connectivity index (χ4v) is 8.15. The highest BCUT2D eigenvalue weighted by molar-refractivity contribution is 7.13. The molecule has 1 saturated heterocycles. The number of hydrogen-bond acceptors (Lipinski definition) is 10. The maximum Gasteiger partial charge on any atom is 0.434 e. The summed E-state index contributed by atoms with van der Waals surface area (Å²) in [6.07, 6.45) is 2.44. The molecular weight excluding hydrogens is 779 g/mol. The first-order valence-corrected chi connectivity index (χ1v) is 19.4. The molecule has 0 bridgehead atoms. The van der Waals surface area contributed by atoms with Crippen molar-refractivity contribution in [3.8, 4) is 22.2 Å². The SMILES string of the molecule is CCN(CC(N)=O)C(=O)NC1CCCCC/C=C/C2CC2(C=O)NC(=O)C2CC(Oc3cc(-c4nc(C(F)(F)F)cs4)nc4c(Cl)c(OC)ccc34)CN2C1=O. The number of pyridine rings is 1. The van der Waals surface area contributed by atoms with E-state index < -0.39 is 59.3 Å². The average Bonchev–Trinajstić information content (AvgIpc) is 3.45. The number of rotatable bonds is 9. The number of hydrogen-bond donors (Lipinski definition) is 3. The van der Waals surface area contributed by atoms with Gasteiger partial charge in [0.2, 0.25) is 17.7 Å². The molecule has 2 aliphatic heterocycles. The van der Waals surface area contributed by atoms with E-state index >= 15 is 0 Å². The molecule has 5 atom stereocenters. The van der Waals surface area contributed by atoms with Crippen molar-refractivity contribution >= 4 is 63.9 Å². The van der Waals surface area contributed by atoms with Crippen molar-refractivity contribution in [3.05, 3.63) is 46.4 Å². The summed E-state index contributed by atoms with van der Waals surface area (Å²) in [6.45, 7) is 1.29. The molecule has 2 fully saturated rings. The van der Waals surface area contributed by atoms with Crippen molar-refractivity contribution in [1.82, 2.24) is 30.4 Å². The number of alkyl halides is 3. The second-order valence-electron chi connectivity index (χ2n) is 14.0. The summed E-state index contributed by atoms with van der Waals surface area (Å²) in [5.74, 6) is -1.71. The third-order valence-electron chi connectivity index (χ3n) is 10.2. The van der Waals surface area contributed by atoms with Crippen molar-refractivity contribution in [2.24, 2.45) is 11.7 Å². The number of carbonyl (C=O) groups excluding carboxylic acids is 5. The molecule has 6 rings (SSSR count). The molecule has 19 heteroatoms. The van der Waals surface area contributed by atoms with Crippen LogP contribution in [0.1, 0.15) is 57.6 Å². The molecule has 56 heavy (non-hydrogen) atoms. The summed E-state index contributed by atoms with van der Waals surface area (Å²) < 4.78 is 52.4. The Hall–Kier alpha value is -4.97. The number of fused-ring (bicyclic) bond motifs is 3. The Balaban J connectivity index is 1.36. The van der Waals surface area contributed by atoms with E-state index in [0.717, 1.165) is 36.0 Å². The number of likely N-dealkylation sites (N-methyl/N-ethyl adjacent to an activating group) is 1. The molecule has 3 aromatic rings. The monoisotopic (exact) mass is 819 g/mol. The normalized spacial score (nSPS) is 24.9. The highest BCUT2D eigenvalue weighted by Crippen LogP contribution is 2.44. The molecule has 4 heterocycles. The van der Waals surface area contributed by atoms with E-state index in [1.54, 1.807) is 19.1 Å². The summed E-state index contributed by atoms with van der Waals surface area (Å²) in [4.78, 5) is 76.7. The van der Waals surface area contributed by atoms with Gasteiger partial charge in [0.25, 0.3) is 0 Å². The Morgan fingerprint density at radius 2 is 2.00 bits per heavy atom. The highest BCUT2D eigenvalue weighted by Gasteiger charge is 2.56. The minimum atomic E-state index is -4.69. The number of thiazole rings is 1. The number of ether oxygens (including phenoxy) is 2. The van der Waals surface area contributed by atoms with E-state index in [2.05, 4.69) is 20.6 Å². The molecule has 14 nitrogen and oxygen atoms in total. The lowest BCUT2D eigenvalue weighted by molar-refractivity contribution is -0.141. The molecular formula is C37H41ClF3N7O7S. The first-order valence-electron chi connectivity index (χ1n) is 18.1. The van der Waals surface area contributed by atoms with Gasteiger partial charge in [-0.15, -0.1) is 11.3 Å². The summed E-state index contributed by atoms with van der Waals surface area (Å²) in [7, 11) is 1.40. The van der Waals surface area contributed by atoms with Crippen molar-refractivity contribution in [2.45, 2.75) is 81.8 Å². The van der Waals surface area contributed by atoms with Crippen molar-refractivity contribution in [1.29, 1.82) is 0 Å². The van der Waals surface area contributed by atoms with Gasteiger partial charge in [-0.3, -0.25) is 14.4 Å². The number of nitrogens with one attached hydrogen (secondary N) is 2. The number of amides is 5. The van der Waals surface area contributed by atoms with E-state index in [4.69, 9.17) is 26.8 Å². The van der Waals surface area contributed by atoms with Gasteiger partial charge in [0.05, 0.1) is 19.2 Å². The molecule has 5 amide bonds. The number of halogens is 4. The van der Waals surface area contributed by atoms with Gasteiger partial charge in [-0.05, 0) is 44.7 Å². The van der Waals surface area contributed by atoms with Gasteiger partial charge >= 0.3 is 12.2 Å². The lowest BCUT2D eigenvalue weighted by atomic mass is 10.0. The van der Waals surface area contributed by atoms with Crippen LogP contribution in [-0.4, -0.2) is 100 Å². The van der Waals surface area contributed by atoms with Crippen LogP contribution in [0, 0.1) is 5.92 Å². The molecule has 300 valence electrons. The average molecular weight is 820 g/mol. The van der Waals surface area contributed by atoms with Crippen LogP contribution in [0.15, 0.2) is 35.7 Å². The van der Waals surface area contributed by atoms with Crippen LogP contribution in [0.3, 0.4) is 0 Å². The number of carbonyl (C=O) groups is 5. The summed E-state index contributed by atoms with van der Waals surface area (Å²) in [5.41, 5.74) is 3.31. The number of primary amides is 1. The number of allylic oxidation sites excluding steroid dienone is 1. The van der Waals surface area contributed by atoms with Crippen molar-refractivity contribution in [3.63, 3.8) is 0 Å². The number of urea groups is 1. The molecule has 4 N–H and O–H groups in total. The number of aldehydes is 1. The number of nitrogens with zero attached hydrogens (tertiary/aromatic N) is 4. The minimum absolute atomic E-state index is 0.0322. The number of aromatic nitrogens is 2. The quantitative estimate of drug-likeness (QED) is 0.200. The zero-order valence-corrected chi connectivity index (χ0v) is 32.1. The maximum atomic E-state index is 14.5. The fraction of sp³-hybridized carbons (Fsp3) is 0.486. The van der Waals surface area contributed by atoms with Gasteiger partial charge in [0.1, 0.15) is 63.8 Å².